The number of nitrogens with one attached hydrogen (secondary N) is 1. The highest BCUT2D eigenvalue weighted by atomic mass is 32.1. The second-order valence-corrected chi connectivity index (χ2v) is 8.05. The second-order valence-electron chi connectivity index (χ2n) is 7.05. The maximum Gasteiger partial charge on any atom is 0.350 e. The first-order valence-corrected chi connectivity index (χ1v) is 10.7. The summed E-state index contributed by atoms with van der Waals surface area (Å²) in [6.07, 6.45) is 0. The lowest BCUT2D eigenvalue weighted by Crippen LogP contribution is -2.37. The van der Waals surface area contributed by atoms with E-state index in [1.165, 1.54) is 26.3 Å². The lowest BCUT2D eigenvalue weighted by molar-refractivity contribution is -0.136. The molecular weight excluding hydrogens is 449 g/mol. The summed E-state index contributed by atoms with van der Waals surface area (Å²) in [5.41, 5.74) is 1.65. The third kappa shape index (κ3) is 6.36. The average Bonchev–Trinajstić information content (AvgIpc) is 3.19. The van der Waals surface area contributed by atoms with Crippen molar-refractivity contribution in [3.8, 4) is 16.3 Å². The summed E-state index contributed by atoms with van der Waals surface area (Å²) in [7, 11) is 2.96. The molecule has 0 aliphatic carbocycles. The number of likely N-dealkylation sites (N-methyl/N-ethyl adjacent to an activating group) is 1. The molecule has 0 atom stereocenters. The number of nitrogens with zero attached hydrogens (tertiary/aromatic N) is 2. The lowest BCUT2D eigenvalue weighted by Gasteiger charge is -2.17. The predicted molar refractivity (Wildman–Crippen MR) is 122 cm³/mol. The van der Waals surface area contributed by atoms with Crippen LogP contribution in [-0.4, -0.2) is 55.0 Å². The van der Waals surface area contributed by atoms with Gasteiger partial charge in [0.15, 0.2) is 6.61 Å². The summed E-state index contributed by atoms with van der Waals surface area (Å²) in [6.45, 7) is 0.907. The van der Waals surface area contributed by atoms with Gasteiger partial charge in [-0.15, -0.1) is 11.3 Å². The van der Waals surface area contributed by atoms with Crippen molar-refractivity contribution in [2.45, 2.75) is 6.92 Å². The van der Waals surface area contributed by atoms with E-state index in [0.29, 0.717) is 27.7 Å². The van der Waals surface area contributed by atoms with Crippen LogP contribution in [0.25, 0.3) is 10.6 Å². The zero-order valence-corrected chi connectivity index (χ0v) is 19.1. The van der Waals surface area contributed by atoms with Gasteiger partial charge < -0.3 is 19.7 Å². The highest BCUT2D eigenvalue weighted by Gasteiger charge is 2.20. The highest BCUT2D eigenvalue weighted by molar-refractivity contribution is 7.17. The molecule has 172 valence electrons. The van der Waals surface area contributed by atoms with Gasteiger partial charge in [0.05, 0.1) is 19.3 Å². The number of rotatable bonds is 8. The number of hydrogen-bond donors (Lipinski definition) is 1. The van der Waals surface area contributed by atoms with E-state index in [9.17, 15) is 18.8 Å². The van der Waals surface area contributed by atoms with Gasteiger partial charge >= 0.3 is 5.97 Å². The second kappa shape index (κ2) is 10.7. The van der Waals surface area contributed by atoms with Gasteiger partial charge in [-0.1, -0.05) is 6.07 Å². The Morgan fingerprint density at radius 3 is 2.58 bits per heavy atom. The highest BCUT2D eigenvalue weighted by Crippen LogP contribution is 2.28. The smallest absolute Gasteiger partial charge is 0.350 e. The minimum Gasteiger partial charge on any atom is -0.497 e. The number of methoxy groups -OCH3 is 1. The van der Waals surface area contributed by atoms with Crippen LogP contribution in [-0.2, 0) is 14.3 Å². The third-order valence-electron chi connectivity index (χ3n) is 4.56. The van der Waals surface area contributed by atoms with Crippen molar-refractivity contribution in [2.24, 2.45) is 0 Å². The summed E-state index contributed by atoms with van der Waals surface area (Å²) in [5.74, 6) is -1.42. The molecule has 8 nitrogen and oxygen atoms in total. The summed E-state index contributed by atoms with van der Waals surface area (Å²) in [4.78, 5) is 42.7. The van der Waals surface area contributed by atoms with Crippen molar-refractivity contribution in [3.63, 3.8) is 0 Å². The number of aromatic nitrogens is 1. The topological polar surface area (TPSA) is 97.8 Å². The van der Waals surface area contributed by atoms with Crippen LogP contribution in [0.4, 0.5) is 10.1 Å². The Hall–Kier alpha value is -3.79. The summed E-state index contributed by atoms with van der Waals surface area (Å²) >= 11 is 1.09. The van der Waals surface area contributed by atoms with Crippen LogP contribution >= 0.6 is 11.3 Å². The van der Waals surface area contributed by atoms with Crippen LogP contribution in [0.2, 0.25) is 0 Å². The van der Waals surface area contributed by atoms with E-state index in [1.54, 1.807) is 43.3 Å². The Labute approximate surface area is 194 Å². The molecule has 1 heterocycles. The molecule has 1 aromatic heterocycles. The molecule has 0 fully saturated rings. The van der Waals surface area contributed by atoms with E-state index in [4.69, 9.17) is 9.47 Å². The van der Waals surface area contributed by atoms with Crippen molar-refractivity contribution in [2.75, 3.05) is 32.6 Å². The number of benzene rings is 2. The number of ether oxygens (including phenoxy) is 2. The number of thiazole rings is 1. The summed E-state index contributed by atoms with van der Waals surface area (Å²) in [6, 6.07) is 12.6. The molecule has 3 rings (SSSR count). The number of carbonyl (C=O) groups is 3. The van der Waals surface area contributed by atoms with Crippen LogP contribution < -0.4 is 10.1 Å². The minimum absolute atomic E-state index is 0.220. The van der Waals surface area contributed by atoms with Gasteiger partial charge in [0.1, 0.15) is 21.5 Å². The molecule has 33 heavy (non-hydrogen) atoms. The monoisotopic (exact) mass is 471 g/mol. The maximum absolute atomic E-state index is 13.1. The van der Waals surface area contributed by atoms with E-state index < -0.39 is 24.4 Å². The lowest BCUT2D eigenvalue weighted by atomic mass is 10.2. The molecule has 0 unspecified atom stereocenters. The van der Waals surface area contributed by atoms with Gasteiger partial charge in [0, 0.05) is 24.4 Å². The SMILES string of the molecule is COc1cccc(NC(=O)CN(C)C(=O)COC(=O)c2sc(-c3ccc(F)cc3)nc2C)c1. The van der Waals surface area contributed by atoms with Crippen LogP contribution in [0, 0.1) is 12.7 Å². The predicted octanol–water partition coefficient (Wildman–Crippen LogP) is 3.52. The van der Waals surface area contributed by atoms with Gasteiger partial charge in [-0.2, -0.15) is 0 Å². The largest absolute Gasteiger partial charge is 0.497 e. The molecule has 0 radical (unpaired) electrons. The number of esters is 1. The van der Waals surface area contributed by atoms with Crippen LogP contribution in [0.5, 0.6) is 5.75 Å². The van der Waals surface area contributed by atoms with Crippen molar-refractivity contribution in [1.29, 1.82) is 0 Å². The number of amides is 2. The molecule has 10 heteroatoms. The molecular formula is C23H22FN3O5S. The molecule has 0 spiro atoms. The Balaban J connectivity index is 1.52. The first-order valence-electron chi connectivity index (χ1n) is 9.85. The summed E-state index contributed by atoms with van der Waals surface area (Å²) < 4.78 is 23.3. The van der Waals surface area contributed by atoms with Gasteiger partial charge in [0.25, 0.3) is 5.91 Å². The number of halogens is 1. The van der Waals surface area contributed by atoms with Crippen LogP contribution in [0.15, 0.2) is 48.5 Å². The minimum atomic E-state index is -0.694. The van der Waals surface area contributed by atoms with E-state index in [0.717, 1.165) is 16.2 Å². The van der Waals surface area contributed by atoms with Crippen molar-refractivity contribution in [3.05, 3.63) is 64.9 Å². The van der Waals surface area contributed by atoms with Gasteiger partial charge in [-0.25, -0.2) is 14.2 Å². The molecule has 0 saturated carbocycles. The Morgan fingerprint density at radius 1 is 1.15 bits per heavy atom. The standard InChI is InChI=1S/C23H22FN3O5S/c1-14-21(33-22(25-14)15-7-9-16(24)10-8-15)23(30)32-13-20(29)27(2)12-19(28)26-17-5-4-6-18(11-17)31-3/h4-11H,12-13H2,1-3H3,(H,26,28). The molecule has 1 N–H and O–H groups in total. The molecule has 3 aromatic rings. The Bertz CT molecular complexity index is 1160. The van der Waals surface area contributed by atoms with E-state index >= 15 is 0 Å². The molecule has 2 amide bonds. The molecule has 0 aliphatic rings. The quantitative estimate of drug-likeness (QED) is 0.505. The number of carbonyl (C=O) groups excluding carboxylic acids is 3. The fourth-order valence-corrected chi connectivity index (χ4v) is 3.78. The number of hydrogen-bond acceptors (Lipinski definition) is 7. The Morgan fingerprint density at radius 2 is 1.88 bits per heavy atom. The van der Waals surface area contributed by atoms with Crippen LogP contribution in [0.1, 0.15) is 15.4 Å². The Kier molecular flexibility index (Phi) is 7.73. The number of anilines is 1. The van der Waals surface area contributed by atoms with Crippen molar-refractivity contribution >= 4 is 34.8 Å². The summed E-state index contributed by atoms with van der Waals surface area (Å²) in [5, 5.41) is 3.21. The molecule has 0 bridgehead atoms. The zero-order valence-electron chi connectivity index (χ0n) is 18.3. The van der Waals surface area contributed by atoms with Gasteiger partial charge in [-0.05, 0) is 43.3 Å². The van der Waals surface area contributed by atoms with E-state index in [-0.39, 0.29) is 17.2 Å². The van der Waals surface area contributed by atoms with Crippen molar-refractivity contribution < 1.29 is 28.2 Å². The first kappa shape index (κ1) is 23.9. The maximum atomic E-state index is 13.1. The van der Waals surface area contributed by atoms with Crippen LogP contribution in [0.3, 0.4) is 0 Å². The molecule has 0 aliphatic heterocycles. The molecule has 0 saturated heterocycles. The average molecular weight is 472 g/mol. The number of aryl methyl sites for hydroxylation is 1. The van der Waals surface area contributed by atoms with E-state index in [2.05, 4.69) is 10.3 Å². The third-order valence-corrected chi connectivity index (χ3v) is 5.75. The van der Waals surface area contributed by atoms with Crippen molar-refractivity contribution in [1.82, 2.24) is 9.88 Å². The molecule has 2 aromatic carbocycles. The fourth-order valence-electron chi connectivity index (χ4n) is 2.81. The normalized spacial score (nSPS) is 10.4. The van der Waals surface area contributed by atoms with Gasteiger partial charge in [0.2, 0.25) is 5.91 Å². The fraction of sp³-hybridized carbons (Fsp3) is 0.217. The van der Waals surface area contributed by atoms with E-state index in [1.807, 2.05) is 0 Å². The first-order chi connectivity index (χ1) is 15.8. The zero-order chi connectivity index (χ0) is 24.0. The van der Waals surface area contributed by atoms with Gasteiger partial charge in [-0.3, -0.25) is 9.59 Å².